The predicted octanol–water partition coefficient (Wildman–Crippen LogP) is 4.81. The zero-order chi connectivity index (χ0) is 23.3. The molecular formula is C28H28N2O4. The van der Waals surface area contributed by atoms with Crippen LogP contribution in [0.3, 0.4) is 0 Å². The molecule has 6 nitrogen and oxygen atoms in total. The van der Waals surface area contributed by atoms with E-state index in [1.807, 2.05) is 60.7 Å². The summed E-state index contributed by atoms with van der Waals surface area (Å²) in [6.07, 6.45) is 0.898. The summed E-state index contributed by atoms with van der Waals surface area (Å²) in [5, 5.41) is 0. The van der Waals surface area contributed by atoms with E-state index in [0.29, 0.717) is 26.3 Å². The fourth-order valence-electron chi connectivity index (χ4n) is 4.71. The molecule has 0 aliphatic carbocycles. The third kappa shape index (κ3) is 4.91. The Morgan fingerprint density at radius 1 is 0.588 bits per heavy atom. The number of rotatable bonds is 8. The van der Waals surface area contributed by atoms with E-state index in [-0.39, 0.29) is 24.3 Å². The number of cyclic esters (lactones) is 2. The molecule has 1 unspecified atom stereocenters. The van der Waals surface area contributed by atoms with Crippen molar-refractivity contribution in [2.75, 3.05) is 13.2 Å². The minimum atomic E-state index is -0.293. The van der Waals surface area contributed by atoms with Gasteiger partial charge in [0.15, 0.2) is 0 Å². The fraction of sp³-hybridized carbons (Fsp3) is 0.286. The average molecular weight is 457 g/mol. The molecule has 0 spiro atoms. The van der Waals surface area contributed by atoms with Crippen LogP contribution in [0.15, 0.2) is 84.9 Å². The van der Waals surface area contributed by atoms with Gasteiger partial charge < -0.3 is 9.47 Å². The van der Waals surface area contributed by atoms with E-state index in [1.54, 1.807) is 9.80 Å². The van der Waals surface area contributed by atoms with Crippen molar-refractivity contribution in [1.82, 2.24) is 9.80 Å². The molecule has 2 atom stereocenters. The molecule has 174 valence electrons. The summed E-state index contributed by atoms with van der Waals surface area (Å²) in [5.74, 6) is 0. The van der Waals surface area contributed by atoms with Gasteiger partial charge >= 0.3 is 12.2 Å². The van der Waals surface area contributed by atoms with Crippen molar-refractivity contribution in [2.24, 2.45) is 0 Å². The molecule has 0 bridgehead atoms. The van der Waals surface area contributed by atoms with Gasteiger partial charge in [-0.1, -0.05) is 84.9 Å². The van der Waals surface area contributed by atoms with Gasteiger partial charge in [-0.3, -0.25) is 9.80 Å². The van der Waals surface area contributed by atoms with Crippen molar-refractivity contribution in [3.05, 3.63) is 107 Å². The number of benzene rings is 3. The van der Waals surface area contributed by atoms with Gasteiger partial charge in [0.1, 0.15) is 13.2 Å². The molecule has 0 aromatic heterocycles. The quantitative estimate of drug-likeness (QED) is 0.488. The molecule has 2 aliphatic heterocycles. The standard InChI is InChI=1S/C28H28N2O4/c31-27-29(25(19-33-27)15-21-9-3-1-4-10-21)17-23-13-7-8-14-24(23)18-30-26(20-34-28(30)32)16-22-11-5-2-6-12-22/h1-14,25-26H,15-20H2/t25-,26?/m0/s1. The van der Waals surface area contributed by atoms with Gasteiger partial charge in [-0.2, -0.15) is 0 Å². The first-order chi connectivity index (χ1) is 16.7. The molecule has 5 rings (SSSR count). The van der Waals surface area contributed by atoms with Gasteiger partial charge in [-0.25, -0.2) is 9.59 Å². The summed E-state index contributed by atoms with van der Waals surface area (Å²) >= 11 is 0. The Labute approximate surface area is 199 Å². The van der Waals surface area contributed by atoms with Crippen LogP contribution in [0.4, 0.5) is 9.59 Å². The molecule has 2 saturated heterocycles. The van der Waals surface area contributed by atoms with E-state index in [1.165, 1.54) is 11.1 Å². The Morgan fingerprint density at radius 3 is 1.38 bits per heavy atom. The maximum Gasteiger partial charge on any atom is 0.410 e. The van der Waals surface area contributed by atoms with Crippen LogP contribution in [-0.4, -0.2) is 47.3 Å². The number of hydrogen-bond acceptors (Lipinski definition) is 4. The Morgan fingerprint density at radius 2 is 0.971 bits per heavy atom. The molecule has 0 saturated carbocycles. The Balaban J connectivity index is 1.32. The number of hydrogen-bond donors (Lipinski definition) is 0. The maximum absolute atomic E-state index is 12.6. The van der Waals surface area contributed by atoms with E-state index in [9.17, 15) is 9.59 Å². The van der Waals surface area contributed by atoms with E-state index in [2.05, 4.69) is 24.3 Å². The third-order valence-corrected chi connectivity index (χ3v) is 6.58. The normalized spacial score (nSPS) is 19.9. The molecule has 3 aromatic rings. The zero-order valence-electron chi connectivity index (χ0n) is 19.0. The van der Waals surface area contributed by atoms with Crippen molar-refractivity contribution in [1.29, 1.82) is 0 Å². The Hall–Kier alpha value is -3.80. The monoisotopic (exact) mass is 456 g/mol. The highest BCUT2D eigenvalue weighted by molar-refractivity contribution is 5.71. The number of nitrogens with zero attached hydrogens (tertiary/aromatic N) is 2. The van der Waals surface area contributed by atoms with Crippen LogP contribution in [-0.2, 0) is 35.4 Å². The second-order valence-electron chi connectivity index (χ2n) is 8.87. The van der Waals surface area contributed by atoms with Gasteiger partial charge in [0.25, 0.3) is 0 Å². The van der Waals surface area contributed by atoms with Crippen LogP contribution in [0.1, 0.15) is 22.3 Å². The molecule has 2 fully saturated rings. The van der Waals surface area contributed by atoms with Crippen molar-refractivity contribution >= 4 is 12.2 Å². The van der Waals surface area contributed by atoms with E-state index < -0.39 is 0 Å². The van der Waals surface area contributed by atoms with Gasteiger partial charge in [0.2, 0.25) is 0 Å². The molecule has 2 aliphatic rings. The van der Waals surface area contributed by atoms with E-state index in [4.69, 9.17) is 9.47 Å². The predicted molar refractivity (Wildman–Crippen MR) is 128 cm³/mol. The van der Waals surface area contributed by atoms with Crippen molar-refractivity contribution < 1.29 is 19.1 Å². The minimum Gasteiger partial charge on any atom is -0.447 e. The number of ether oxygens (including phenoxy) is 2. The SMILES string of the molecule is O=C1OCC(Cc2ccccc2)N1Cc1ccccc1CN1C(=O)OC[C@@H]1Cc1ccccc1. The number of carbonyl (C=O) groups excluding carboxylic acids is 2. The Kier molecular flexibility index (Phi) is 6.47. The molecule has 3 aromatic carbocycles. The second kappa shape index (κ2) is 10.00. The lowest BCUT2D eigenvalue weighted by Gasteiger charge is -2.25. The maximum atomic E-state index is 12.6. The van der Waals surface area contributed by atoms with Crippen LogP contribution < -0.4 is 0 Å². The van der Waals surface area contributed by atoms with Crippen LogP contribution in [0.2, 0.25) is 0 Å². The van der Waals surface area contributed by atoms with E-state index >= 15 is 0 Å². The van der Waals surface area contributed by atoms with Crippen molar-refractivity contribution in [3.8, 4) is 0 Å². The highest BCUT2D eigenvalue weighted by atomic mass is 16.6. The van der Waals surface area contributed by atoms with Crippen LogP contribution in [0.25, 0.3) is 0 Å². The molecule has 0 N–H and O–H groups in total. The highest BCUT2D eigenvalue weighted by Gasteiger charge is 2.35. The lowest BCUT2D eigenvalue weighted by atomic mass is 10.0. The summed E-state index contributed by atoms with van der Waals surface area (Å²) in [4.78, 5) is 28.7. The largest absolute Gasteiger partial charge is 0.447 e. The summed E-state index contributed by atoms with van der Waals surface area (Å²) in [7, 11) is 0. The molecule has 2 heterocycles. The first-order valence-corrected chi connectivity index (χ1v) is 11.7. The van der Waals surface area contributed by atoms with Gasteiger partial charge in [-0.15, -0.1) is 0 Å². The summed E-state index contributed by atoms with van der Waals surface area (Å²) < 4.78 is 10.8. The average Bonchev–Trinajstić information content (AvgIpc) is 3.38. The lowest BCUT2D eigenvalue weighted by molar-refractivity contribution is 0.153. The van der Waals surface area contributed by atoms with Crippen LogP contribution in [0.5, 0.6) is 0 Å². The number of amides is 2. The van der Waals surface area contributed by atoms with Crippen molar-refractivity contribution in [3.63, 3.8) is 0 Å². The van der Waals surface area contributed by atoms with Gasteiger partial charge in [-0.05, 0) is 35.1 Å². The first-order valence-electron chi connectivity index (χ1n) is 11.7. The summed E-state index contributed by atoms with van der Waals surface area (Å²) in [5.41, 5.74) is 4.37. The van der Waals surface area contributed by atoms with Crippen LogP contribution >= 0.6 is 0 Å². The summed E-state index contributed by atoms with van der Waals surface area (Å²) in [6.45, 7) is 1.65. The molecular weight excluding hydrogens is 428 g/mol. The van der Waals surface area contributed by atoms with Crippen LogP contribution in [0, 0.1) is 0 Å². The zero-order valence-corrected chi connectivity index (χ0v) is 19.0. The Bertz CT molecular complexity index is 1040. The third-order valence-electron chi connectivity index (χ3n) is 6.58. The number of carbonyl (C=O) groups is 2. The highest BCUT2D eigenvalue weighted by Crippen LogP contribution is 2.25. The minimum absolute atomic E-state index is 0.0227. The molecule has 0 radical (unpaired) electrons. The molecule has 2 amide bonds. The lowest BCUT2D eigenvalue weighted by Crippen LogP contribution is -2.36. The first kappa shape index (κ1) is 22.0. The van der Waals surface area contributed by atoms with Crippen molar-refractivity contribution in [2.45, 2.75) is 38.0 Å². The fourth-order valence-corrected chi connectivity index (χ4v) is 4.71. The summed E-state index contributed by atoms with van der Waals surface area (Å²) in [6, 6.07) is 28.2. The molecule has 34 heavy (non-hydrogen) atoms. The van der Waals surface area contributed by atoms with E-state index in [0.717, 1.165) is 24.0 Å². The second-order valence-corrected chi connectivity index (χ2v) is 8.87. The van der Waals surface area contributed by atoms with Gasteiger partial charge in [0, 0.05) is 13.1 Å². The van der Waals surface area contributed by atoms with Gasteiger partial charge in [0.05, 0.1) is 12.1 Å². The topological polar surface area (TPSA) is 59.1 Å². The molecule has 6 heteroatoms. The smallest absolute Gasteiger partial charge is 0.410 e.